The fraction of sp³-hybridized carbons (Fsp3) is 0.231. The number of nitrogens with zero attached hydrogens (tertiary/aromatic N) is 1. The number of halogens is 1. The van der Waals surface area contributed by atoms with E-state index >= 15 is 0 Å². The number of methoxy groups -OCH3 is 1. The summed E-state index contributed by atoms with van der Waals surface area (Å²) in [5.74, 6) is 0.862. The van der Waals surface area contributed by atoms with Gasteiger partial charge >= 0.3 is 5.97 Å². The molecule has 5 nitrogen and oxygen atoms in total. The largest absolute Gasteiger partial charge is 0.484 e. The SMILES string of the molecule is COC(=O)c1ccc(OCc2cc(C)no2)c(Br)c1. The number of carbonyl (C=O) groups excluding carboxylic acids is 1. The van der Waals surface area contributed by atoms with Gasteiger partial charge in [-0.1, -0.05) is 5.16 Å². The van der Waals surface area contributed by atoms with E-state index in [0.717, 1.165) is 5.69 Å². The highest BCUT2D eigenvalue weighted by Crippen LogP contribution is 2.27. The van der Waals surface area contributed by atoms with Crippen LogP contribution in [0.25, 0.3) is 0 Å². The fourth-order valence-corrected chi connectivity index (χ4v) is 1.99. The van der Waals surface area contributed by atoms with E-state index in [1.807, 2.05) is 6.92 Å². The first kappa shape index (κ1) is 13.6. The number of ether oxygens (including phenoxy) is 2. The molecule has 0 saturated heterocycles. The lowest BCUT2D eigenvalue weighted by Crippen LogP contribution is -2.02. The summed E-state index contributed by atoms with van der Waals surface area (Å²) in [5, 5.41) is 3.77. The normalized spacial score (nSPS) is 10.3. The van der Waals surface area contributed by atoms with E-state index in [4.69, 9.17) is 9.26 Å². The minimum Gasteiger partial charge on any atom is -0.484 e. The van der Waals surface area contributed by atoms with Crippen molar-refractivity contribution in [2.75, 3.05) is 7.11 Å². The molecule has 0 aliphatic carbocycles. The molecule has 0 atom stereocenters. The van der Waals surface area contributed by atoms with Gasteiger partial charge in [-0.15, -0.1) is 0 Å². The van der Waals surface area contributed by atoms with Crippen LogP contribution >= 0.6 is 15.9 Å². The maximum atomic E-state index is 11.4. The van der Waals surface area contributed by atoms with Gasteiger partial charge in [0.2, 0.25) is 0 Å². The van der Waals surface area contributed by atoms with E-state index in [9.17, 15) is 4.79 Å². The molecule has 0 amide bonds. The van der Waals surface area contributed by atoms with Crippen LogP contribution in [-0.4, -0.2) is 18.2 Å². The van der Waals surface area contributed by atoms with Gasteiger partial charge in [0.25, 0.3) is 0 Å². The smallest absolute Gasteiger partial charge is 0.337 e. The van der Waals surface area contributed by atoms with Gasteiger partial charge in [-0.3, -0.25) is 0 Å². The number of benzene rings is 1. The lowest BCUT2D eigenvalue weighted by atomic mass is 10.2. The summed E-state index contributed by atoms with van der Waals surface area (Å²) in [6.07, 6.45) is 0. The molecule has 1 aromatic carbocycles. The maximum absolute atomic E-state index is 11.4. The van der Waals surface area contributed by atoms with Crippen LogP contribution in [-0.2, 0) is 11.3 Å². The quantitative estimate of drug-likeness (QED) is 0.808. The van der Waals surface area contributed by atoms with Crippen LogP contribution in [0.3, 0.4) is 0 Å². The molecule has 0 aliphatic rings. The Kier molecular flexibility index (Phi) is 4.21. The molecule has 100 valence electrons. The maximum Gasteiger partial charge on any atom is 0.337 e. The van der Waals surface area contributed by atoms with E-state index in [1.165, 1.54) is 7.11 Å². The summed E-state index contributed by atoms with van der Waals surface area (Å²) in [6.45, 7) is 2.12. The van der Waals surface area contributed by atoms with E-state index in [2.05, 4.69) is 25.8 Å². The summed E-state index contributed by atoms with van der Waals surface area (Å²) < 4.78 is 15.9. The number of hydrogen-bond acceptors (Lipinski definition) is 5. The molecular weight excluding hydrogens is 314 g/mol. The van der Waals surface area contributed by atoms with Gasteiger partial charge < -0.3 is 14.0 Å². The van der Waals surface area contributed by atoms with Crippen molar-refractivity contribution in [2.24, 2.45) is 0 Å². The van der Waals surface area contributed by atoms with Crippen LogP contribution in [0.5, 0.6) is 5.75 Å². The highest BCUT2D eigenvalue weighted by molar-refractivity contribution is 9.10. The molecule has 19 heavy (non-hydrogen) atoms. The Morgan fingerprint density at radius 3 is 2.79 bits per heavy atom. The second-order valence-corrected chi connectivity index (χ2v) is 4.71. The van der Waals surface area contributed by atoms with Crippen molar-refractivity contribution in [3.05, 3.63) is 45.8 Å². The van der Waals surface area contributed by atoms with E-state index in [0.29, 0.717) is 21.5 Å². The first-order chi connectivity index (χ1) is 9.10. The summed E-state index contributed by atoms with van der Waals surface area (Å²) in [7, 11) is 1.34. The summed E-state index contributed by atoms with van der Waals surface area (Å²) in [6, 6.07) is 6.78. The number of aryl methyl sites for hydroxylation is 1. The Morgan fingerprint density at radius 2 is 2.21 bits per heavy atom. The predicted molar refractivity (Wildman–Crippen MR) is 71.1 cm³/mol. The molecule has 0 saturated carbocycles. The number of aromatic nitrogens is 1. The molecule has 1 aromatic heterocycles. The van der Waals surface area contributed by atoms with Gasteiger partial charge in [0.1, 0.15) is 12.4 Å². The first-order valence-electron chi connectivity index (χ1n) is 5.53. The van der Waals surface area contributed by atoms with E-state index in [-0.39, 0.29) is 6.61 Å². The minimum atomic E-state index is -0.391. The number of esters is 1. The summed E-state index contributed by atoms with van der Waals surface area (Å²) in [5.41, 5.74) is 1.26. The van der Waals surface area contributed by atoms with Crippen LogP contribution < -0.4 is 4.74 Å². The second kappa shape index (κ2) is 5.88. The number of hydrogen-bond donors (Lipinski definition) is 0. The average molecular weight is 326 g/mol. The molecule has 0 unspecified atom stereocenters. The zero-order chi connectivity index (χ0) is 13.8. The monoisotopic (exact) mass is 325 g/mol. The molecule has 2 rings (SSSR count). The fourth-order valence-electron chi connectivity index (χ4n) is 1.50. The first-order valence-corrected chi connectivity index (χ1v) is 6.32. The van der Waals surface area contributed by atoms with Crippen LogP contribution in [0.1, 0.15) is 21.8 Å². The van der Waals surface area contributed by atoms with Crippen molar-refractivity contribution in [3.63, 3.8) is 0 Å². The summed E-state index contributed by atoms with van der Waals surface area (Å²) >= 11 is 3.34. The summed E-state index contributed by atoms with van der Waals surface area (Å²) in [4.78, 5) is 11.4. The highest BCUT2D eigenvalue weighted by atomic mass is 79.9. The highest BCUT2D eigenvalue weighted by Gasteiger charge is 2.10. The Bertz CT molecular complexity index is 594. The molecule has 2 aromatic rings. The third kappa shape index (κ3) is 3.35. The Balaban J connectivity index is 2.07. The lowest BCUT2D eigenvalue weighted by Gasteiger charge is -2.07. The molecular formula is C13H12BrNO4. The van der Waals surface area contributed by atoms with Crippen LogP contribution in [0, 0.1) is 6.92 Å². The predicted octanol–water partition coefficient (Wildman–Crippen LogP) is 3.11. The Hall–Kier alpha value is -1.82. The van der Waals surface area contributed by atoms with Crippen molar-refractivity contribution in [2.45, 2.75) is 13.5 Å². The Labute approximate surface area is 118 Å². The van der Waals surface area contributed by atoms with Gasteiger partial charge in [-0.2, -0.15) is 0 Å². The lowest BCUT2D eigenvalue weighted by molar-refractivity contribution is 0.0600. The molecule has 0 fully saturated rings. The van der Waals surface area contributed by atoms with Gasteiger partial charge in [-0.05, 0) is 41.1 Å². The molecule has 0 radical (unpaired) electrons. The van der Waals surface area contributed by atoms with Crippen molar-refractivity contribution in [3.8, 4) is 5.75 Å². The van der Waals surface area contributed by atoms with Crippen LogP contribution in [0.4, 0.5) is 0 Å². The third-order valence-electron chi connectivity index (χ3n) is 2.40. The molecule has 0 bridgehead atoms. The average Bonchev–Trinajstić information content (AvgIpc) is 2.82. The van der Waals surface area contributed by atoms with Crippen LogP contribution in [0.15, 0.2) is 33.3 Å². The standard InChI is InChI=1S/C13H12BrNO4/c1-8-5-10(19-15-8)7-18-12-4-3-9(6-11(12)14)13(16)17-2/h3-6H,7H2,1-2H3. The van der Waals surface area contributed by atoms with Crippen LogP contribution in [0.2, 0.25) is 0 Å². The van der Waals surface area contributed by atoms with Crippen molar-refractivity contribution >= 4 is 21.9 Å². The van der Waals surface area contributed by atoms with Gasteiger partial charge in [0, 0.05) is 6.07 Å². The molecule has 6 heteroatoms. The zero-order valence-corrected chi connectivity index (χ0v) is 12.1. The van der Waals surface area contributed by atoms with Gasteiger partial charge in [-0.25, -0.2) is 4.79 Å². The molecule has 1 heterocycles. The second-order valence-electron chi connectivity index (χ2n) is 3.86. The van der Waals surface area contributed by atoms with Crippen molar-refractivity contribution in [1.82, 2.24) is 5.16 Å². The van der Waals surface area contributed by atoms with E-state index in [1.54, 1.807) is 24.3 Å². The van der Waals surface area contributed by atoms with Crippen molar-refractivity contribution < 1.29 is 18.8 Å². The number of carbonyl (C=O) groups is 1. The minimum absolute atomic E-state index is 0.275. The topological polar surface area (TPSA) is 61.6 Å². The zero-order valence-electron chi connectivity index (χ0n) is 10.5. The van der Waals surface area contributed by atoms with Crippen molar-refractivity contribution in [1.29, 1.82) is 0 Å². The molecule has 0 aliphatic heterocycles. The Morgan fingerprint density at radius 1 is 1.42 bits per heavy atom. The number of rotatable bonds is 4. The third-order valence-corrected chi connectivity index (χ3v) is 3.02. The van der Waals surface area contributed by atoms with Gasteiger partial charge in [0.05, 0.1) is 22.8 Å². The molecule has 0 spiro atoms. The van der Waals surface area contributed by atoms with E-state index < -0.39 is 5.97 Å². The molecule has 0 N–H and O–H groups in total. The van der Waals surface area contributed by atoms with Gasteiger partial charge in [0.15, 0.2) is 5.76 Å².